The normalized spacial score (nSPS) is 16.9. The highest BCUT2D eigenvalue weighted by Crippen LogP contribution is 2.20. The van der Waals surface area contributed by atoms with Crippen LogP contribution >= 0.6 is 23.2 Å². The van der Waals surface area contributed by atoms with Crippen molar-refractivity contribution in [2.24, 2.45) is 0 Å². The molecule has 1 aliphatic rings. The minimum Gasteiger partial charge on any atom is -0.336 e. The molecule has 1 amide bonds. The van der Waals surface area contributed by atoms with Gasteiger partial charge < -0.3 is 9.80 Å². The number of hydrogen-bond acceptors (Lipinski definition) is 3. The molecule has 2 rings (SSSR count). The number of nitrogens with zero attached hydrogens (tertiary/aromatic N) is 3. The van der Waals surface area contributed by atoms with E-state index in [4.69, 9.17) is 23.2 Å². The molecule has 0 N–H and O–H groups in total. The average Bonchev–Trinajstić information content (AvgIpc) is 2.41. The molecule has 0 spiro atoms. The molecule has 1 fully saturated rings. The number of hydrogen-bond donors (Lipinski definition) is 0. The molecule has 2 heterocycles. The zero-order valence-corrected chi connectivity index (χ0v) is 11.7. The van der Waals surface area contributed by atoms with Gasteiger partial charge in [0.1, 0.15) is 5.15 Å². The van der Waals surface area contributed by atoms with E-state index in [9.17, 15) is 4.79 Å². The van der Waals surface area contributed by atoms with E-state index in [0.29, 0.717) is 10.6 Å². The van der Waals surface area contributed by atoms with Crippen molar-refractivity contribution in [3.05, 3.63) is 28.0 Å². The SMILES string of the molecule is CCN1CCN(C(=O)c2cnc(Cl)c(Cl)c2)CC1. The molecule has 1 saturated heterocycles. The van der Waals surface area contributed by atoms with Gasteiger partial charge >= 0.3 is 0 Å². The van der Waals surface area contributed by atoms with Gasteiger partial charge in [0, 0.05) is 32.4 Å². The molecule has 1 aromatic heterocycles. The van der Waals surface area contributed by atoms with E-state index in [2.05, 4.69) is 16.8 Å². The quantitative estimate of drug-likeness (QED) is 0.783. The number of piperazine rings is 1. The summed E-state index contributed by atoms with van der Waals surface area (Å²) < 4.78 is 0. The maximum absolute atomic E-state index is 12.2. The molecule has 18 heavy (non-hydrogen) atoms. The van der Waals surface area contributed by atoms with Crippen LogP contribution in [0.3, 0.4) is 0 Å². The second kappa shape index (κ2) is 5.87. The molecule has 1 aliphatic heterocycles. The zero-order chi connectivity index (χ0) is 13.1. The number of aromatic nitrogens is 1. The average molecular weight is 288 g/mol. The first-order chi connectivity index (χ1) is 8.61. The van der Waals surface area contributed by atoms with Gasteiger partial charge in [-0.2, -0.15) is 0 Å². The number of halogens is 2. The number of carbonyl (C=O) groups is 1. The van der Waals surface area contributed by atoms with Crippen molar-refractivity contribution in [1.82, 2.24) is 14.8 Å². The van der Waals surface area contributed by atoms with Gasteiger partial charge in [0.05, 0.1) is 10.6 Å². The van der Waals surface area contributed by atoms with Crippen molar-refractivity contribution in [3.8, 4) is 0 Å². The summed E-state index contributed by atoms with van der Waals surface area (Å²) in [5, 5.41) is 0.540. The van der Waals surface area contributed by atoms with Crippen LogP contribution in [0.2, 0.25) is 10.2 Å². The minimum atomic E-state index is -0.0307. The van der Waals surface area contributed by atoms with E-state index >= 15 is 0 Å². The van der Waals surface area contributed by atoms with Gasteiger partial charge in [0.25, 0.3) is 5.91 Å². The molecule has 0 bridgehead atoms. The third-order valence-corrected chi connectivity index (χ3v) is 3.84. The zero-order valence-electron chi connectivity index (χ0n) is 10.2. The monoisotopic (exact) mass is 287 g/mol. The van der Waals surface area contributed by atoms with E-state index < -0.39 is 0 Å². The maximum atomic E-state index is 12.2. The number of amides is 1. The summed E-state index contributed by atoms with van der Waals surface area (Å²) in [6, 6.07) is 1.57. The highest BCUT2D eigenvalue weighted by Gasteiger charge is 2.21. The molecule has 0 aromatic carbocycles. The Labute approximate surface area is 116 Å². The van der Waals surface area contributed by atoms with Crippen LogP contribution in [0.25, 0.3) is 0 Å². The Balaban J connectivity index is 2.05. The fraction of sp³-hybridized carbons (Fsp3) is 0.500. The molecule has 4 nitrogen and oxygen atoms in total. The first-order valence-corrected chi connectivity index (χ1v) is 6.70. The first-order valence-electron chi connectivity index (χ1n) is 5.94. The van der Waals surface area contributed by atoms with Gasteiger partial charge in [0.15, 0.2) is 0 Å². The van der Waals surface area contributed by atoms with E-state index in [1.165, 1.54) is 6.20 Å². The highest BCUT2D eigenvalue weighted by molar-refractivity contribution is 6.41. The lowest BCUT2D eigenvalue weighted by Crippen LogP contribution is -2.48. The summed E-state index contributed by atoms with van der Waals surface area (Å²) in [6.07, 6.45) is 1.47. The third-order valence-electron chi connectivity index (χ3n) is 3.15. The Morgan fingerprint density at radius 3 is 2.56 bits per heavy atom. The van der Waals surface area contributed by atoms with Gasteiger partial charge in [-0.05, 0) is 12.6 Å². The summed E-state index contributed by atoms with van der Waals surface area (Å²) >= 11 is 11.6. The molecule has 1 aromatic rings. The van der Waals surface area contributed by atoms with Crippen LogP contribution in [-0.2, 0) is 0 Å². The Morgan fingerprint density at radius 2 is 2.00 bits per heavy atom. The topological polar surface area (TPSA) is 36.4 Å². The first kappa shape index (κ1) is 13.6. The standard InChI is InChI=1S/C12H15Cl2N3O/c1-2-16-3-5-17(6-4-16)12(18)9-7-10(13)11(14)15-8-9/h7-8H,2-6H2,1H3. The van der Waals surface area contributed by atoms with Crippen LogP contribution in [0.5, 0.6) is 0 Å². The molecule has 0 unspecified atom stereocenters. The summed E-state index contributed by atoms with van der Waals surface area (Å²) in [5.41, 5.74) is 0.495. The number of carbonyl (C=O) groups excluding carboxylic acids is 1. The summed E-state index contributed by atoms with van der Waals surface area (Å²) in [7, 11) is 0. The summed E-state index contributed by atoms with van der Waals surface area (Å²) in [4.78, 5) is 20.3. The fourth-order valence-electron chi connectivity index (χ4n) is 1.99. The predicted molar refractivity (Wildman–Crippen MR) is 72.3 cm³/mol. The van der Waals surface area contributed by atoms with Crippen molar-refractivity contribution in [1.29, 1.82) is 0 Å². The van der Waals surface area contributed by atoms with Gasteiger partial charge in [-0.3, -0.25) is 4.79 Å². The molecular formula is C12H15Cl2N3O. The van der Waals surface area contributed by atoms with Crippen molar-refractivity contribution in [2.75, 3.05) is 32.7 Å². The summed E-state index contributed by atoms with van der Waals surface area (Å²) in [6.45, 7) is 6.46. The van der Waals surface area contributed by atoms with Crippen LogP contribution in [0, 0.1) is 0 Å². The van der Waals surface area contributed by atoms with Crippen LogP contribution in [0.4, 0.5) is 0 Å². The van der Waals surface area contributed by atoms with E-state index in [1.54, 1.807) is 6.07 Å². The maximum Gasteiger partial charge on any atom is 0.255 e. The Bertz CT molecular complexity index is 445. The van der Waals surface area contributed by atoms with Crippen molar-refractivity contribution in [3.63, 3.8) is 0 Å². The van der Waals surface area contributed by atoms with Gasteiger partial charge in [-0.15, -0.1) is 0 Å². The fourth-order valence-corrected chi connectivity index (χ4v) is 2.26. The minimum absolute atomic E-state index is 0.0307. The smallest absolute Gasteiger partial charge is 0.255 e. The molecule has 98 valence electrons. The van der Waals surface area contributed by atoms with Crippen LogP contribution in [0.15, 0.2) is 12.3 Å². The van der Waals surface area contributed by atoms with Crippen molar-refractivity contribution < 1.29 is 4.79 Å². The molecule has 0 saturated carbocycles. The third kappa shape index (κ3) is 2.94. The second-order valence-electron chi connectivity index (χ2n) is 4.22. The van der Waals surface area contributed by atoms with Gasteiger partial charge in [-0.25, -0.2) is 4.98 Å². The second-order valence-corrected chi connectivity index (χ2v) is 4.99. The van der Waals surface area contributed by atoms with E-state index in [1.807, 2.05) is 4.90 Å². The van der Waals surface area contributed by atoms with Gasteiger partial charge in [0.2, 0.25) is 0 Å². The summed E-state index contributed by atoms with van der Waals surface area (Å²) in [5.74, 6) is -0.0307. The lowest BCUT2D eigenvalue weighted by atomic mass is 10.2. The van der Waals surface area contributed by atoms with Gasteiger partial charge in [-0.1, -0.05) is 30.1 Å². The molecule has 0 atom stereocenters. The van der Waals surface area contributed by atoms with Crippen molar-refractivity contribution in [2.45, 2.75) is 6.92 Å². The lowest BCUT2D eigenvalue weighted by molar-refractivity contribution is 0.0643. The lowest BCUT2D eigenvalue weighted by Gasteiger charge is -2.34. The largest absolute Gasteiger partial charge is 0.336 e. The molecule has 0 radical (unpaired) electrons. The molecule has 6 heteroatoms. The highest BCUT2D eigenvalue weighted by atomic mass is 35.5. The Morgan fingerprint density at radius 1 is 1.33 bits per heavy atom. The Kier molecular flexibility index (Phi) is 4.43. The number of rotatable bonds is 2. The van der Waals surface area contributed by atoms with Crippen molar-refractivity contribution >= 4 is 29.1 Å². The Hall–Kier alpha value is -0.840. The van der Waals surface area contributed by atoms with Crippen LogP contribution < -0.4 is 0 Å². The van der Waals surface area contributed by atoms with Crippen LogP contribution in [0.1, 0.15) is 17.3 Å². The molecular weight excluding hydrogens is 273 g/mol. The number of pyridine rings is 1. The van der Waals surface area contributed by atoms with E-state index in [0.717, 1.165) is 32.7 Å². The van der Waals surface area contributed by atoms with Crippen LogP contribution in [-0.4, -0.2) is 53.4 Å². The number of likely N-dealkylation sites (N-methyl/N-ethyl adjacent to an activating group) is 1. The predicted octanol–water partition coefficient (Wildman–Crippen LogP) is 2.17. The van der Waals surface area contributed by atoms with E-state index in [-0.39, 0.29) is 11.1 Å². The molecule has 0 aliphatic carbocycles.